The number of aryl methyl sites for hydroxylation is 1. The number of halogens is 1. The van der Waals surface area contributed by atoms with Gasteiger partial charge in [-0.25, -0.2) is 0 Å². The molecule has 0 aliphatic heterocycles. The minimum Gasteiger partial charge on any atom is -0.496 e. The maximum atomic E-state index is 12.3. The molecule has 0 fully saturated rings. The van der Waals surface area contributed by atoms with Crippen molar-refractivity contribution in [1.29, 1.82) is 0 Å². The highest BCUT2D eigenvalue weighted by Crippen LogP contribution is 2.36. The fraction of sp³-hybridized carbons (Fsp3) is 0.632. The number of hydrogen-bond donors (Lipinski definition) is 1. The van der Waals surface area contributed by atoms with E-state index in [2.05, 4.69) is 30.1 Å². The van der Waals surface area contributed by atoms with Crippen LogP contribution in [0.5, 0.6) is 5.75 Å². The Bertz CT molecular complexity index is 504. The van der Waals surface area contributed by atoms with Crippen LogP contribution in [0.2, 0.25) is 0 Å². The largest absolute Gasteiger partial charge is 0.496 e. The van der Waals surface area contributed by atoms with E-state index in [0.29, 0.717) is 6.42 Å². The first-order valence-corrected chi connectivity index (χ1v) is 8.87. The maximum Gasteiger partial charge on any atom is 0.220 e. The minimum absolute atomic E-state index is 0. The van der Waals surface area contributed by atoms with Gasteiger partial charge < -0.3 is 15.0 Å². The van der Waals surface area contributed by atoms with E-state index in [4.69, 9.17) is 4.74 Å². The number of carbonyl (C=O) groups is 1. The van der Waals surface area contributed by atoms with E-state index >= 15 is 0 Å². The van der Waals surface area contributed by atoms with Gasteiger partial charge in [0.1, 0.15) is 5.75 Å². The van der Waals surface area contributed by atoms with Crippen molar-refractivity contribution in [2.45, 2.75) is 52.0 Å². The highest BCUT2D eigenvalue weighted by molar-refractivity contribution is 5.85. The van der Waals surface area contributed by atoms with Gasteiger partial charge in [-0.05, 0) is 56.9 Å². The minimum atomic E-state index is 0. The summed E-state index contributed by atoms with van der Waals surface area (Å²) in [5.74, 6) is 1.05. The normalized spacial score (nSPS) is 16.2. The average Bonchev–Trinajstić information content (AvgIpc) is 2.58. The highest BCUT2D eigenvalue weighted by atomic mass is 35.5. The third kappa shape index (κ3) is 5.38. The molecule has 1 unspecified atom stereocenters. The second-order valence-corrected chi connectivity index (χ2v) is 6.18. The Kier molecular flexibility index (Phi) is 9.16. The van der Waals surface area contributed by atoms with Gasteiger partial charge in [-0.1, -0.05) is 26.0 Å². The standard InChI is InChI=1S/C19H30N2O2.ClH/c1-4-21(5-2)14-8-13-18(22)20-16-11-6-9-15-10-7-12-17(23-3)19(15)16;/h7,10,12,16H,4-6,8-9,11,13-14H2,1-3H3,(H,20,22);1H. The molecule has 0 bridgehead atoms. The zero-order valence-electron chi connectivity index (χ0n) is 15.1. The molecule has 5 heteroatoms. The fourth-order valence-electron chi connectivity index (χ4n) is 3.44. The van der Waals surface area contributed by atoms with Gasteiger partial charge in [-0.3, -0.25) is 4.79 Å². The van der Waals surface area contributed by atoms with Gasteiger partial charge in [0.15, 0.2) is 0 Å². The smallest absolute Gasteiger partial charge is 0.220 e. The molecule has 1 aromatic carbocycles. The highest BCUT2D eigenvalue weighted by Gasteiger charge is 2.25. The second-order valence-electron chi connectivity index (χ2n) is 6.18. The number of rotatable bonds is 8. The van der Waals surface area contributed by atoms with Gasteiger partial charge in [0.2, 0.25) is 5.91 Å². The molecule has 0 spiro atoms. The van der Waals surface area contributed by atoms with Crippen LogP contribution < -0.4 is 10.1 Å². The van der Waals surface area contributed by atoms with Crippen LogP contribution >= 0.6 is 12.4 Å². The molecule has 1 N–H and O–H groups in total. The quantitative estimate of drug-likeness (QED) is 0.773. The van der Waals surface area contributed by atoms with E-state index in [1.165, 1.54) is 11.1 Å². The molecule has 1 atom stereocenters. The molecule has 1 aromatic rings. The average molecular weight is 355 g/mol. The molecule has 4 nitrogen and oxygen atoms in total. The zero-order chi connectivity index (χ0) is 16.7. The van der Waals surface area contributed by atoms with E-state index in [0.717, 1.165) is 51.1 Å². The number of fused-ring (bicyclic) bond motifs is 1. The van der Waals surface area contributed by atoms with Crippen molar-refractivity contribution in [1.82, 2.24) is 10.2 Å². The number of benzene rings is 1. The van der Waals surface area contributed by atoms with Gasteiger partial charge >= 0.3 is 0 Å². The molecule has 1 amide bonds. The molecule has 0 radical (unpaired) electrons. The Morgan fingerprint density at radius 3 is 2.75 bits per heavy atom. The zero-order valence-corrected chi connectivity index (χ0v) is 16.0. The number of amides is 1. The summed E-state index contributed by atoms with van der Waals surface area (Å²) < 4.78 is 5.51. The first-order chi connectivity index (χ1) is 11.2. The molecule has 136 valence electrons. The van der Waals surface area contributed by atoms with Crippen molar-refractivity contribution >= 4 is 18.3 Å². The van der Waals surface area contributed by atoms with Crippen LogP contribution in [-0.4, -0.2) is 37.6 Å². The van der Waals surface area contributed by atoms with Crippen LogP contribution in [0.15, 0.2) is 18.2 Å². The van der Waals surface area contributed by atoms with Crippen molar-refractivity contribution in [3.63, 3.8) is 0 Å². The lowest BCUT2D eigenvalue weighted by Gasteiger charge is -2.28. The summed E-state index contributed by atoms with van der Waals surface area (Å²) in [6, 6.07) is 6.27. The number of nitrogens with one attached hydrogen (secondary N) is 1. The third-order valence-electron chi connectivity index (χ3n) is 4.77. The summed E-state index contributed by atoms with van der Waals surface area (Å²) in [4.78, 5) is 14.7. The Morgan fingerprint density at radius 2 is 2.08 bits per heavy atom. The molecule has 2 rings (SSSR count). The van der Waals surface area contributed by atoms with Crippen LogP contribution in [0.25, 0.3) is 0 Å². The lowest BCUT2D eigenvalue weighted by atomic mass is 9.87. The van der Waals surface area contributed by atoms with Crippen molar-refractivity contribution in [2.75, 3.05) is 26.7 Å². The van der Waals surface area contributed by atoms with Crippen molar-refractivity contribution in [2.24, 2.45) is 0 Å². The summed E-state index contributed by atoms with van der Waals surface area (Å²) in [5, 5.41) is 3.22. The number of ether oxygens (including phenoxy) is 1. The SMILES string of the molecule is CCN(CC)CCCC(=O)NC1CCCc2cccc(OC)c21.Cl. The van der Waals surface area contributed by atoms with E-state index in [-0.39, 0.29) is 24.4 Å². The Labute approximate surface area is 152 Å². The van der Waals surface area contributed by atoms with Gasteiger partial charge in [0, 0.05) is 12.0 Å². The first kappa shape index (κ1) is 20.8. The Hall–Kier alpha value is -1.26. The van der Waals surface area contributed by atoms with E-state index in [1.807, 2.05) is 12.1 Å². The first-order valence-electron chi connectivity index (χ1n) is 8.87. The van der Waals surface area contributed by atoms with Crippen molar-refractivity contribution < 1.29 is 9.53 Å². The molecule has 0 aromatic heterocycles. The summed E-state index contributed by atoms with van der Waals surface area (Å²) >= 11 is 0. The molecular weight excluding hydrogens is 324 g/mol. The molecule has 24 heavy (non-hydrogen) atoms. The molecule has 0 heterocycles. The molecule has 0 saturated carbocycles. The second kappa shape index (κ2) is 10.6. The number of nitrogens with zero attached hydrogens (tertiary/aromatic N) is 1. The summed E-state index contributed by atoms with van der Waals surface area (Å²) in [7, 11) is 1.70. The predicted octanol–water partition coefficient (Wildman–Crippen LogP) is 3.73. The predicted molar refractivity (Wildman–Crippen MR) is 101 cm³/mol. The lowest BCUT2D eigenvalue weighted by molar-refractivity contribution is -0.122. The monoisotopic (exact) mass is 354 g/mol. The Morgan fingerprint density at radius 1 is 1.33 bits per heavy atom. The summed E-state index contributed by atoms with van der Waals surface area (Å²) in [6.07, 6.45) is 4.69. The Balaban J connectivity index is 0.00000288. The molecule has 1 aliphatic carbocycles. The lowest BCUT2D eigenvalue weighted by Crippen LogP contribution is -2.32. The topological polar surface area (TPSA) is 41.6 Å². The van der Waals surface area contributed by atoms with E-state index in [9.17, 15) is 4.79 Å². The van der Waals surface area contributed by atoms with Gasteiger partial charge in [0.25, 0.3) is 0 Å². The molecule has 0 saturated heterocycles. The van der Waals surface area contributed by atoms with Crippen molar-refractivity contribution in [3.05, 3.63) is 29.3 Å². The summed E-state index contributed by atoms with van der Waals surface area (Å²) in [6.45, 7) is 7.41. The van der Waals surface area contributed by atoms with Crippen LogP contribution in [0.3, 0.4) is 0 Å². The van der Waals surface area contributed by atoms with E-state index < -0.39 is 0 Å². The van der Waals surface area contributed by atoms with Crippen molar-refractivity contribution in [3.8, 4) is 5.75 Å². The molecule has 1 aliphatic rings. The van der Waals surface area contributed by atoms with Gasteiger partial charge in [0.05, 0.1) is 13.2 Å². The maximum absolute atomic E-state index is 12.3. The van der Waals surface area contributed by atoms with Crippen LogP contribution in [0.1, 0.15) is 56.7 Å². The third-order valence-corrected chi connectivity index (χ3v) is 4.77. The number of hydrogen-bond acceptors (Lipinski definition) is 3. The van der Waals surface area contributed by atoms with Crippen LogP contribution in [0.4, 0.5) is 0 Å². The van der Waals surface area contributed by atoms with E-state index in [1.54, 1.807) is 7.11 Å². The number of methoxy groups -OCH3 is 1. The molecular formula is C19H31ClN2O2. The van der Waals surface area contributed by atoms with Crippen LogP contribution in [0, 0.1) is 0 Å². The van der Waals surface area contributed by atoms with Gasteiger partial charge in [-0.15, -0.1) is 12.4 Å². The van der Waals surface area contributed by atoms with Crippen LogP contribution in [-0.2, 0) is 11.2 Å². The fourth-order valence-corrected chi connectivity index (χ4v) is 3.44. The van der Waals surface area contributed by atoms with Gasteiger partial charge in [-0.2, -0.15) is 0 Å². The summed E-state index contributed by atoms with van der Waals surface area (Å²) in [5.41, 5.74) is 2.49. The number of carbonyl (C=O) groups excluding carboxylic acids is 1.